The van der Waals surface area contributed by atoms with Gasteiger partial charge < -0.3 is 9.80 Å². The Kier molecular flexibility index (Phi) is 4.05. The van der Waals surface area contributed by atoms with E-state index in [1.165, 1.54) is 25.1 Å². The lowest BCUT2D eigenvalue weighted by atomic mass is 10.1. The van der Waals surface area contributed by atoms with Gasteiger partial charge in [0.2, 0.25) is 0 Å². The Morgan fingerprint density at radius 2 is 2.35 bits per heavy atom. The number of pyridine rings is 1. The molecule has 1 aliphatic heterocycles. The van der Waals surface area contributed by atoms with Gasteiger partial charge in [-0.3, -0.25) is 0 Å². The van der Waals surface area contributed by atoms with Gasteiger partial charge in [-0.1, -0.05) is 0 Å². The van der Waals surface area contributed by atoms with E-state index in [2.05, 4.69) is 57.8 Å². The van der Waals surface area contributed by atoms with Gasteiger partial charge in [-0.05, 0) is 60.4 Å². The molecule has 3 nitrogen and oxygen atoms in total. The number of nitrogens with zero attached hydrogens (tertiary/aromatic N) is 3. The maximum absolute atomic E-state index is 4.50. The van der Waals surface area contributed by atoms with Crippen LogP contribution in [0.4, 0.5) is 5.82 Å². The molecule has 1 aromatic rings. The van der Waals surface area contributed by atoms with E-state index in [0.717, 1.165) is 22.8 Å². The normalized spacial score (nSPS) is 20.8. The molecule has 1 saturated heterocycles. The first-order valence-corrected chi connectivity index (χ1v) is 6.87. The third-order valence-electron chi connectivity index (χ3n) is 3.40. The molecule has 0 radical (unpaired) electrons. The summed E-state index contributed by atoms with van der Waals surface area (Å²) in [5, 5.41) is 0. The summed E-state index contributed by atoms with van der Waals surface area (Å²) in [6, 6.07) is 2.12. The molecular formula is C13H20BrN3. The lowest BCUT2D eigenvalue weighted by Gasteiger charge is -2.23. The van der Waals surface area contributed by atoms with Gasteiger partial charge in [0.05, 0.1) is 0 Å². The van der Waals surface area contributed by atoms with Crippen LogP contribution in [-0.4, -0.2) is 43.6 Å². The fourth-order valence-corrected chi connectivity index (χ4v) is 3.03. The number of aryl methyl sites for hydroxylation is 1. The van der Waals surface area contributed by atoms with Crippen LogP contribution in [-0.2, 0) is 0 Å². The quantitative estimate of drug-likeness (QED) is 0.855. The van der Waals surface area contributed by atoms with Gasteiger partial charge >= 0.3 is 0 Å². The van der Waals surface area contributed by atoms with E-state index in [9.17, 15) is 0 Å². The van der Waals surface area contributed by atoms with Gasteiger partial charge in [-0.15, -0.1) is 0 Å². The number of rotatable bonds is 3. The van der Waals surface area contributed by atoms with E-state index in [1.807, 2.05) is 6.20 Å². The van der Waals surface area contributed by atoms with Crippen molar-refractivity contribution in [2.24, 2.45) is 5.92 Å². The Bertz CT molecular complexity index is 394. The molecule has 1 atom stereocenters. The highest BCUT2D eigenvalue weighted by Crippen LogP contribution is 2.22. The summed E-state index contributed by atoms with van der Waals surface area (Å²) in [4.78, 5) is 9.19. The van der Waals surface area contributed by atoms with Crippen LogP contribution in [0.1, 0.15) is 12.0 Å². The van der Waals surface area contributed by atoms with Gasteiger partial charge in [-0.2, -0.15) is 0 Å². The Morgan fingerprint density at radius 1 is 1.59 bits per heavy atom. The number of halogens is 1. The molecule has 1 unspecified atom stereocenters. The molecule has 1 aromatic heterocycles. The lowest BCUT2D eigenvalue weighted by Crippen LogP contribution is -2.28. The van der Waals surface area contributed by atoms with Crippen molar-refractivity contribution in [3.05, 3.63) is 22.3 Å². The number of likely N-dealkylation sites (tertiary alicyclic amines) is 1. The molecule has 0 aliphatic carbocycles. The topological polar surface area (TPSA) is 19.4 Å². The molecule has 4 heteroatoms. The zero-order valence-corrected chi connectivity index (χ0v) is 12.4. The minimum Gasteiger partial charge on any atom is -0.359 e. The van der Waals surface area contributed by atoms with Crippen LogP contribution >= 0.6 is 15.9 Å². The predicted molar refractivity (Wildman–Crippen MR) is 75.5 cm³/mol. The third kappa shape index (κ3) is 3.19. The minimum absolute atomic E-state index is 0.773. The van der Waals surface area contributed by atoms with Crippen LogP contribution in [0.5, 0.6) is 0 Å². The molecule has 1 fully saturated rings. The molecule has 1 aliphatic rings. The molecule has 0 amide bonds. The molecule has 17 heavy (non-hydrogen) atoms. The molecule has 0 aromatic carbocycles. The van der Waals surface area contributed by atoms with E-state index in [4.69, 9.17) is 0 Å². The van der Waals surface area contributed by atoms with Crippen molar-refractivity contribution in [2.45, 2.75) is 13.3 Å². The van der Waals surface area contributed by atoms with Crippen molar-refractivity contribution in [1.29, 1.82) is 0 Å². The van der Waals surface area contributed by atoms with Crippen LogP contribution in [0.25, 0.3) is 0 Å². The van der Waals surface area contributed by atoms with Crippen molar-refractivity contribution in [1.82, 2.24) is 9.88 Å². The molecule has 2 heterocycles. The van der Waals surface area contributed by atoms with Gasteiger partial charge in [0.25, 0.3) is 0 Å². The molecule has 0 saturated carbocycles. The molecule has 0 spiro atoms. The van der Waals surface area contributed by atoms with Crippen LogP contribution in [0.15, 0.2) is 16.7 Å². The van der Waals surface area contributed by atoms with Crippen molar-refractivity contribution in [2.75, 3.05) is 38.6 Å². The minimum atomic E-state index is 0.773. The maximum atomic E-state index is 4.50. The Labute approximate surface area is 112 Å². The van der Waals surface area contributed by atoms with Gasteiger partial charge in [0.15, 0.2) is 0 Å². The van der Waals surface area contributed by atoms with E-state index in [0.29, 0.717) is 0 Å². The first kappa shape index (κ1) is 12.8. The SMILES string of the molecule is Cc1cc(Br)cnc1N(C)CC1CCN(C)C1. The van der Waals surface area contributed by atoms with Gasteiger partial charge in [0.1, 0.15) is 5.82 Å². The van der Waals surface area contributed by atoms with Gasteiger partial charge in [0, 0.05) is 30.8 Å². The molecule has 0 N–H and O–H groups in total. The summed E-state index contributed by atoms with van der Waals surface area (Å²) in [6.45, 7) is 5.65. The summed E-state index contributed by atoms with van der Waals surface area (Å²) in [5.74, 6) is 1.87. The monoisotopic (exact) mass is 297 g/mol. The molecular weight excluding hydrogens is 278 g/mol. The fraction of sp³-hybridized carbons (Fsp3) is 0.615. The Morgan fingerprint density at radius 3 is 2.94 bits per heavy atom. The standard InChI is InChI=1S/C13H20BrN3/c1-10-6-12(14)7-15-13(10)17(3)9-11-4-5-16(2)8-11/h6-7,11H,4-5,8-9H2,1-3H3. The average Bonchev–Trinajstić information content (AvgIpc) is 2.63. The van der Waals surface area contributed by atoms with Gasteiger partial charge in [-0.25, -0.2) is 4.98 Å². The fourth-order valence-electron chi connectivity index (χ4n) is 2.58. The summed E-state index contributed by atoms with van der Waals surface area (Å²) in [6.07, 6.45) is 3.18. The number of aromatic nitrogens is 1. The highest BCUT2D eigenvalue weighted by molar-refractivity contribution is 9.10. The zero-order valence-electron chi connectivity index (χ0n) is 10.8. The summed E-state index contributed by atoms with van der Waals surface area (Å²) in [5.41, 5.74) is 1.23. The Hall–Kier alpha value is -0.610. The molecule has 0 bridgehead atoms. The van der Waals surface area contributed by atoms with Crippen molar-refractivity contribution in [3.63, 3.8) is 0 Å². The lowest BCUT2D eigenvalue weighted by molar-refractivity contribution is 0.395. The zero-order chi connectivity index (χ0) is 12.4. The Balaban J connectivity index is 2.01. The van der Waals surface area contributed by atoms with Crippen molar-refractivity contribution >= 4 is 21.7 Å². The van der Waals surface area contributed by atoms with Crippen LogP contribution in [0.2, 0.25) is 0 Å². The van der Waals surface area contributed by atoms with Crippen LogP contribution < -0.4 is 4.90 Å². The highest BCUT2D eigenvalue weighted by atomic mass is 79.9. The van der Waals surface area contributed by atoms with Crippen molar-refractivity contribution < 1.29 is 0 Å². The number of hydrogen-bond acceptors (Lipinski definition) is 3. The van der Waals surface area contributed by atoms with Crippen molar-refractivity contribution in [3.8, 4) is 0 Å². The first-order valence-electron chi connectivity index (χ1n) is 6.08. The molecule has 94 valence electrons. The predicted octanol–water partition coefficient (Wildman–Crippen LogP) is 2.54. The second-order valence-corrected chi connectivity index (χ2v) is 6.01. The maximum Gasteiger partial charge on any atom is 0.131 e. The van der Waals surface area contributed by atoms with E-state index < -0.39 is 0 Å². The second kappa shape index (κ2) is 5.36. The first-order chi connectivity index (χ1) is 8.06. The number of hydrogen-bond donors (Lipinski definition) is 0. The van der Waals surface area contributed by atoms with E-state index >= 15 is 0 Å². The largest absolute Gasteiger partial charge is 0.359 e. The summed E-state index contributed by atoms with van der Waals surface area (Å²) in [7, 11) is 4.34. The average molecular weight is 298 g/mol. The third-order valence-corrected chi connectivity index (χ3v) is 3.83. The van der Waals surface area contributed by atoms with E-state index in [-0.39, 0.29) is 0 Å². The second-order valence-electron chi connectivity index (χ2n) is 5.09. The van der Waals surface area contributed by atoms with Crippen LogP contribution in [0.3, 0.4) is 0 Å². The summed E-state index contributed by atoms with van der Waals surface area (Å²) < 4.78 is 1.05. The van der Waals surface area contributed by atoms with E-state index in [1.54, 1.807) is 0 Å². The summed E-state index contributed by atoms with van der Waals surface area (Å²) >= 11 is 3.45. The smallest absolute Gasteiger partial charge is 0.131 e. The molecule has 2 rings (SSSR count). The van der Waals surface area contributed by atoms with Crippen LogP contribution in [0, 0.1) is 12.8 Å². The number of anilines is 1. The highest BCUT2D eigenvalue weighted by Gasteiger charge is 2.21.